The van der Waals surface area contributed by atoms with Gasteiger partial charge in [-0.25, -0.2) is 0 Å². The molecular weight excluding hydrogens is 417 g/mol. The Morgan fingerprint density at radius 1 is 1.03 bits per heavy atom. The summed E-state index contributed by atoms with van der Waals surface area (Å²) in [5.41, 5.74) is 3.51. The Morgan fingerprint density at radius 3 is 2.59 bits per heavy atom. The number of nitrogens with one attached hydrogen (secondary N) is 2. The molecular formula is C24H26F3N4O+. The fraction of sp³-hybridized carbons (Fsp3) is 0.375. The van der Waals surface area contributed by atoms with Gasteiger partial charge < -0.3 is 19.7 Å². The molecule has 0 bridgehead atoms. The fourth-order valence-electron chi connectivity index (χ4n) is 4.84. The molecule has 5 nitrogen and oxygen atoms in total. The van der Waals surface area contributed by atoms with Gasteiger partial charge in [0.05, 0.1) is 31.7 Å². The van der Waals surface area contributed by atoms with Crippen molar-refractivity contribution >= 4 is 22.5 Å². The van der Waals surface area contributed by atoms with Gasteiger partial charge in [0, 0.05) is 47.4 Å². The Bertz CT molecular complexity index is 1130. The van der Waals surface area contributed by atoms with Crippen LogP contribution < -0.4 is 9.80 Å². The first-order valence-electron chi connectivity index (χ1n) is 11.0. The minimum atomic E-state index is -4.34. The van der Waals surface area contributed by atoms with E-state index in [1.807, 2.05) is 21.9 Å². The van der Waals surface area contributed by atoms with Crippen molar-refractivity contribution < 1.29 is 22.9 Å². The van der Waals surface area contributed by atoms with E-state index < -0.39 is 11.7 Å². The number of carbonyl (C=O) groups is 1. The molecule has 0 spiro atoms. The van der Waals surface area contributed by atoms with E-state index in [-0.39, 0.29) is 5.91 Å². The van der Waals surface area contributed by atoms with Crippen molar-refractivity contribution in [3.05, 3.63) is 65.4 Å². The van der Waals surface area contributed by atoms with Crippen LogP contribution in [-0.2, 0) is 23.9 Å². The summed E-state index contributed by atoms with van der Waals surface area (Å²) in [6.07, 6.45) is -3.51. The summed E-state index contributed by atoms with van der Waals surface area (Å²) in [5.74, 6) is 0.142. The summed E-state index contributed by atoms with van der Waals surface area (Å²) in [4.78, 5) is 21.6. The molecule has 2 aliphatic heterocycles. The van der Waals surface area contributed by atoms with Crippen LogP contribution in [0.4, 0.5) is 18.9 Å². The summed E-state index contributed by atoms with van der Waals surface area (Å²) >= 11 is 0. The van der Waals surface area contributed by atoms with Crippen LogP contribution in [0.5, 0.6) is 0 Å². The van der Waals surface area contributed by atoms with Crippen molar-refractivity contribution in [3.63, 3.8) is 0 Å². The first-order valence-corrected chi connectivity index (χ1v) is 11.0. The van der Waals surface area contributed by atoms with Gasteiger partial charge in [0.2, 0.25) is 0 Å². The number of para-hydroxylation sites is 1. The largest absolute Gasteiger partial charge is 0.416 e. The van der Waals surface area contributed by atoms with E-state index in [9.17, 15) is 18.0 Å². The van der Waals surface area contributed by atoms with Gasteiger partial charge in [0.25, 0.3) is 5.91 Å². The predicted octanol–water partition coefficient (Wildman–Crippen LogP) is 2.48. The van der Waals surface area contributed by atoms with Crippen LogP contribution in [-0.4, -0.2) is 55.1 Å². The zero-order valence-electron chi connectivity index (χ0n) is 17.7. The molecule has 168 valence electrons. The third kappa shape index (κ3) is 4.07. The van der Waals surface area contributed by atoms with Crippen LogP contribution in [0.2, 0.25) is 0 Å². The Balaban J connectivity index is 1.18. The molecule has 1 aromatic heterocycles. The Kier molecular flexibility index (Phi) is 5.33. The van der Waals surface area contributed by atoms with Crippen LogP contribution in [0.1, 0.15) is 16.8 Å². The number of hydrogen-bond acceptors (Lipinski definition) is 2. The SMILES string of the molecule is O=C(C[NH+]1CCN(c2cccc(C(F)(F)F)c2)CC1)N1CCc2[nH]c3ccccc3c2C1. The molecule has 1 fully saturated rings. The van der Waals surface area contributed by atoms with E-state index in [2.05, 4.69) is 17.1 Å². The van der Waals surface area contributed by atoms with Crippen LogP contribution in [0.3, 0.4) is 0 Å². The van der Waals surface area contributed by atoms with Crippen molar-refractivity contribution in [3.8, 4) is 0 Å². The third-order valence-corrected chi connectivity index (χ3v) is 6.65. The second-order valence-corrected chi connectivity index (χ2v) is 8.65. The van der Waals surface area contributed by atoms with Crippen LogP contribution in [0, 0.1) is 0 Å². The van der Waals surface area contributed by atoms with E-state index in [1.54, 1.807) is 6.07 Å². The minimum absolute atomic E-state index is 0.142. The molecule has 1 amide bonds. The standard InChI is InChI=1S/C24H25F3N4O/c25-24(26,27)17-4-3-5-18(14-17)30-12-10-29(11-13-30)16-23(32)31-9-8-22-20(15-31)19-6-1-2-7-21(19)28-22/h1-7,14,28H,8-13,15-16H2/p+1. The molecule has 2 aliphatic rings. The van der Waals surface area contributed by atoms with Crippen molar-refractivity contribution in [2.45, 2.75) is 19.1 Å². The molecule has 5 rings (SSSR count). The number of fused-ring (bicyclic) bond motifs is 3. The maximum atomic E-state index is 13.0. The number of rotatable bonds is 3. The average Bonchev–Trinajstić information content (AvgIpc) is 3.17. The number of amides is 1. The zero-order chi connectivity index (χ0) is 22.3. The fourth-order valence-corrected chi connectivity index (χ4v) is 4.84. The molecule has 0 atom stereocenters. The summed E-state index contributed by atoms with van der Waals surface area (Å²) in [5, 5.41) is 1.18. The van der Waals surface area contributed by atoms with Crippen molar-refractivity contribution in [1.29, 1.82) is 0 Å². The molecule has 2 N–H and O–H groups in total. The zero-order valence-corrected chi connectivity index (χ0v) is 17.7. The van der Waals surface area contributed by atoms with Gasteiger partial charge in [-0.2, -0.15) is 13.2 Å². The quantitative estimate of drug-likeness (QED) is 0.653. The topological polar surface area (TPSA) is 43.8 Å². The van der Waals surface area contributed by atoms with Gasteiger partial charge in [0.15, 0.2) is 6.54 Å². The van der Waals surface area contributed by atoms with Crippen LogP contribution in [0.25, 0.3) is 10.9 Å². The Hall–Kier alpha value is -3.00. The van der Waals surface area contributed by atoms with E-state index in [1.165, 1.54) is 33.7 Å². The van der Waals surface area contributed by atoms with Gasteiger partial charge in [-0.15, -0.1) is 0 Å². The monoisotopic (exact) mass is 443 g/mol. The number of carbonyl (C=O) groups excluding carboxylic acids is 1. The number of H-pyrrole nitrogens is 1. The molecule has 0 unspecified atom stereocenters. The molecule has 3 heterocycles. The maximum absolute atomic E-state index is 13.0. The summed E-state index contributed by atoms with van der Waals surface area (Å²) in [7, 11) is 0. The first kappa shape index (κ1) is 20.9. The molecule has 8 heteroatoms. The molecule has 3 aromatic rings. The lowest BCUT2D eigenvalue weighted by atomic mass is 10.0. The van der Waals surface area contributed by atoms with Crippen molar-refractivity contribution in [2.24, 2.45) is 0 Å². The highest BCUT2D eigenvalue weighted by atomic mass is 19.4. The summed E-state index contributed by atoms with van der Waals surface area (Å²) < 4.78 is 39.0. The van der Waals surface area contributed by atoms with E-state index >= 15 is 0 Å². The number of quaternary nitrogens is 1. The number of nitrogens with zero attached hydrogens (tertiary/aromatic N) is 2. The molecule has 0 radical (unpaired) electrons. The molecule has 0 saturated carbocycles. The number of benzene rings is 2. The van der Waals surface area contributed by atoms with E-state index in [4.69, 9.17) is 0 Å². The number of aromatic nitrogens is 1. The van der Waals surface area contributed by atoms with E-state index in [0.717, 1.165) is 31.1 Å². The number of anilines is 1. The summed E-state index contributed by atoms with van der Waals surface area (Å²) in [6.45, 7) is 4.49. The lowest BCUT2D eigenvalue weighted by Crippen LogP contribution is -3.15. The Morgan fingerprint density at radius 2 is 1.81 bits per heavy atom. The highest BCUT2D eigenvalue weighted by molar-refractivity contribution is 5.86. The highest BCUT2D eigenvalue weighted by Gasteiger charge is 2.32. The van der Waals surface area contributed by atoms with Gasteiger partial charge >= 0.3 is 6.18 Å². The average molecular weight is 443 g/mol. The van der Waals surface area contributed by atoms with Gasteiger partial charge in [-0.05, 0) is 24.3 Å². The Labute approximate surface area is 184 Å². The number of piperazine rings is 1. The summed E-state index contributed by atoms with van der Waals surface area (Å²) in [6, 6.07) is 13.7. The molecule has 0 aliphatic carbocycles. The second-order valence-electron chi connectivity index (χ2n) is 8.65. The van der Waals surface area contributed by atoms with Crippen molar-refractivity contribution in [2.75, 3.05) is 44.2 Å². The first-order chi connectivity index (χ1) is 15.4. The molecule has 2 aromatic carbocycles. The lowest BCUT2D eigenvalue weighted by molar-refractivity contribution is -0.892. The minimum Gasteiger partial charge on any atom is -0.360 e. The molecule has 1 saturated heterocycles. The van der Waals surface area contributed by atoms with Gasteiger partial charge in [-0.1, -0.05) is 24.3 Å². The highest BCUT2D eigenvalue weighted by Crippen LogP contribution is 2.31. The number of aromatic amines is 1. The lowest BCUT2D eigenvalue weighted by Gasteiger charge is -2.35. The van der Waals surface area contributed by atoms with Crippen molar-refractivity contribution in [1.82, 2.24) is 9.88 Å². The van der Waals surface area contributed by atoms with Gasteiger partial charge in [0.1, 0.15) is 0 Å². The number of halogens is 3. The number of alkyl halides is 3. The van der Waals surface area contributed by atoms with Gasteiger partial charge in [-0.3, -0.25) is 4.79 Å². The van der Waals surface area contributed by atoms with E-state index in [0.29, 0.717) is 38.4 Å². The van der Waals surface area contributed by atoms with Crippen LogP contribution in [0.15, 0.2) is 48.5 Å². The predicted molar refractivity (Wildman–Crippen MR) is 117 cm³/mol. The maximum Gasteiger partial charge on any atom is 0.416 e. The number of hydrogen-bond donors (Lipinski definition) is 2. The smallest absolute Gasteiger partial charge is 0.360 e. The second kappa shape index (κ2) is 8.16. The normalized spacial score (nSPS) is 17.6. The molecule has 32 heavy (non-hydrogen) atoms. The van der Waals surface area contributed by atoms with Crippen LogP contribution >= 0.6 is 0 Å². The third-order valence-electron chi connectivity index (χ3n) is 6.65.